The number of fused-ring (bicyclic) bond motifs is 1. The summed E-state index contributed by atoms with van der Waals surface area (Å²) in [6, 6.07) is 5.91. The van der Waals surface area contributed by atoms with Crippen molar-refractivity contribution in [2.24, 2.45) is 10.9 Å². The molecule has 1 aliphatic rings. The number of amides is 2. The summed E-state index contributed by atoms with van der Waals surface area (Å²) < 4.78 is 73.3. The molecule has 1 aliphatic heterocycles. The van der Waals surface area contributed by atoms with Crippen LogP contribution in [0.3, 0.4) is 0 Å². The molecule has 0 radical (unpaired) electrons. The van der Waals surface area contributed by atoms with Gasteiger partial charge in [0.1, 0.15) is 29.9 Å². The zero-order chi connectivity index (χ0) is 39.1. The number of nitrogens with zero attached hydrogens (tertiary/aromatic N) is 7. The summed E-state index contributed by atoms with van der Waals surface area (Å²) in [5, 5.41) is 34.2. The molecule has 1 saturated heterocycles. The second-order valence-corrected chi connectivity index (χ2v) is 12.8. The number of hydrogen-bond acceptors (Lipinski definition) is 18. The summed E-state index contributed by atoms with van der Waals surface area (Å²) in [4.78, 5) is 49.0. The number of anilines is 2. The molecule has 2 atom stereocenters. The number of benzene rings is 1. The summed E-state index contributed by atoms with van der Waals surface area (Å²) >= 11 is 1.02. The first-order valence-corrected chi connectivity index (χ1v) is 16.8. The van der Waals surface area contributed by atoms with Gasteiger partial charge in [0.15, 0.2) is 10.8 Å². The summed E-state index contributed by atoms with van der Waals surface area (Å²) in [6.45, 7) is 3.63. The van der Waals surface area contributed by atoms with E-state index in [1.807, 2.05) is 12.1 Å². The highest BCUT2D eigenvalue weighted by molar-refractivity contribution is 7.80. The van der Waals surface area contributed by atoms with Gasteiger partial charge in [0.25, 0.3) is 11.8 Å². The first-order valence-electron chi connectivity index (χ1n) is 14.6. The van der Waals surface area contributed by atoms with Crippen molar-refractivity contribution in [1.82, 2.24) is 41.0 Å². The largest absolute Gasteiger partial charge is 0.490 e. The van der Waals surface area contributed by atoms with Gasteiger partial charge in [-0.25, -0.2) is 14.8 Å². The number of nitrogens with two attached hydrogens (primary N) is 2. The Morgan fingerprint density at radius 1 is 1.26 bits per heavy atom. The molecule has 4 heterocycles. The number of hydrogen-bond donors (Lipinski definition) is 7. The van der Waals surface area contributed by atoms with Crippen LogP contribution in [0.25, 0.3) is 10.8 Å². The van der Waals surface area contributed by atoms with Crippen molar-refractivity contribution in [3.63, 3.8) is 0 Å². The van der Waals surface area contributed by atoms with E-state index in [-0.39, 0.29) is 29.0 Å². The van der Waals surface area contributed by atoms with Gasteiger partial charge in [-0.1, -0.05) is 10.4 Å². The third-order valence-electron chi connectivity index (χ3n) is 6.84. The molecule has 5 rings (SSSR count). The molecule has 1 aromatic carbocycles. The van der Waals surface area contributed by atoms with E-state index in [4.69, 9.17) is 35.5 Å². The number of aliphatic carboxylic acids is 1. The summed E-state index contributed by atoms with van der Waals surface area (Å²) in [7, 11) is -4.99. The van der Waals surface area contributed by atoms with Crippen molar-refractivity contribution >= 4 is 67.0 Å². The fourth-order valence-corrected chi connectivity index (χ4v) is 5.35. The topological polar surface area (TPSA) is 325 Å². The molecule has 0 bridgehead atoms. The molecule has 2 amide bonds. The zero-order valence-electron chi connectivity index (χ0n) is 27.1. The van der Waals surface area contributed by atoms with E-state index in [0.717, 1.165) is 22.1 Å². The predicted molar refractivity (Wildman–Crippen MR) is 175 cm³/mol. The molecule has 53 heavy (non-hydrogen) atoms. The lowest BCUT2D eigenvalue weighted by Crippen LogP contribution is -2.76. The van der Waals surface area contributed by atoms with Crippen molar-refractivity contribution < 1.29 is 59.5 Å². The van der Waals surface area contributed by atoms with Crippen LogP contribution in [-0.4, -0.2) is 115 Å². The van der Waals surface area contributed by atoms with Gasteiger partial charge < -0.3 is 36.8 Å². The first kappa shape index (κ1) is 40.0. The molecule has 22 nitrogen and oxygen atoms in total. The van der Waals surface area contributed by atoms with Gasteiger partial charge in [0, 0.05) is 30.1 Å². The van der Waals surface area contributed by atoms with Crippen LogP contribution in [0.5, 0.6) is 5.75 Å². The second-order valence-electron chi connectivity index (χ2n) is 10.9. The van der Waals surface area contributed by atoms with E-state index >= 15 is 0 Å². The molecule has 4 aromatic rings. The molecule has 27 heteroatoms. The van der Waals surface area contributed by atoms with Gasteiger partial charge in [-0.2, -0.15) is 31.9 Å². The van der Waals surface area contributed by atoms with Crippen LogP contribution < -0.4 is 26.8 Å². The number of aromatic amines is 1. The Morgan fingerprint density at radius 2 is 1.98 bits per heavy atom. The van der Waals surface area contributed by atoms with Crippen molar-refractivity contribution in [3.8, 4) is 5.75 Å². The number of thiazole rings is 1. The average Bonchev–Trinajstić information content (AvgIpc) is 3.78. The monoisotopic (exact) mass is 790 g/mol. The van der Waals surface area contributed by atoms with Crippen molar-refractivity contribution in [3.05, 3.63) is 47.4 Å². The van der Waals surface area contributed by atoms with E-state index in [1.165, 1.54) is 19.2 Å². The molecular weight excluding hydrogens is 761 g/mol. The lowest BCUT2D eigenvalue weighted by Gasteiger charge is -2.50. The van der Waals surface area contributed by atoms with Crippen LogP contribution in [-0.2, 0) is 33.9 Å². The number of tetrazole rings is 1. The van der Waals surface area contributed by atoms with Crippen molar-refractivity contribution in [1.29, 1.82) is 0 Å². The number of oxime groups is 1. The normalized spacial score (nSPS) is 16.2. The molecule has 9 N–H and O–H groups in total. The number of rotatable bonds is 14. The number of halogens is 3. The molecule has 0 spiro atoms. The Morgan fingerprint density at radius 3 is 2.55 bits per heavy atom. The van der Waals surface area contributed by atoms with Gasteiger partial charge in [0.2, 0.25) is 11.9 Å². The summed E-state index contributed by atoms with van der Waals surface area (Å²) in [5.74, 6) is -3.42. The predicted octanol–water partition coefficient (Wildman–Crippen LogP) is 0.172. The quantitative estimate of drug-likeness (QED) is 0.0387. The van der Waals surface area contributed by atoms with Crippen LogP contribution in [0.1, 0.15) is 31.5 Å². The summed E-state index contributed by atoms with van der Waals surface area (Å²) in [5.41, 5.74) is 9.62. The minimum absolute atomic E-state index is 0.0191. The van der Waals surface area contributed by atoms with Crippen molar-refractivity contribution in [2.75, 3.05) is 30.7 Å². The van der Waals surface area contributed by atoms with Crippen LogP contribution in [0, 0.1) is 0 Å². The Hall–Kier alpha value is -5.77. The number of carbonyl (C=O) groups excluding carboxylic acids is 2. The Balaban J connectivity index is 0.000000815. The highest BCUT2D eigenvalue weighted by Gasteiger charge is 2.58. The smallest absolute Gasteiger partial charge is 0.489 e. The Kier molecular flexibility index (Phi) is 12.3. The van der Waals surface area contributed by atoms with Crippen LogP contribution in [0.2, 0.25) is 0 Å². The number of carboxylic acid groups (broad SMARTS) is 1. The number of alkyl halides is 3. The average molecular weight is 791 g/mol. The van der Waals surface area contributed by atoms with Crippen LogP contribution in [0.15, 0.2) is 41.0 Å². The third-order valence-corrected chi connectivity index (χ3v) is 7.85. The maximum absolute atomic E-state index is 13.4. The minimum Gasteiger partial charge on any atom is -0.489 e. The van der Waals surface area contributed by atoms with E-state index in [0.29, 0.717) is 29.7 Å². The zero-order valence-corrected chi connectivity index (χ0v) is 28.8. The number of nitrogens with one attached hydrogen (secondary N) is 3. The number of β-lactam (4-membered cyclic amide) rings is 1. The van der Waals surface area contributed by atoms with Gasteiger partial charge in [-0.05, 0) is 43.5 Å². The number of H-pyrrole nitrogens is 1. The minimum atomic E-state index is -5.08. The van der Waals surface area contributed by atoms with Gasteiger partial charge >= 0.3 is 22.5 Å². The third kappa shape index (κ3) is 10.2. The number of hydroxylamine groups is 2. The highest BCUT2D eigenvalue weighted by Crippen LogP contribution is 2.33. The molecular formula is C26H29F3N12O10S2. The molecule has 0 aliphatic carbocycles. The fourth-order valence-electron chi connectivity index (χ4n) is 4.34. The summed E-state index contributed by atoms with van der Waals surface area (Å²) in [6.07, 6.45) is -4.52. The molecule has 286 valence electrons. The van der Waals surface area contributed by atoms with Gasteiger partial charge in [0.05, 0.1) is 5.54 Å². The number of aromatic nitrogens is 6. The highest BCUT2D eigenvalue weighted by atomic mass is 32.3. The van der Waals surface area contributed by atoms with E-state index < -0.39 is 52.0 Å². The van der Waals surface area contributed by atoms with Crippen molar-refractivity contribution in [2.45, 2.75) is 37.7 Å². The van der Waals surface area contributed by atoms with Crippen LogP contribution in [0.4, 0.5) is 24.1 Å². The number of pyridine rings is 1. The number of ether oxygens (including phenoxy) is 1. The molecule has 1 fully saturated rings. The molecule has 2 unspecified atom stereocenters. The fraction of sp³-hybridized carbons (Fsp3) is 0.346. The van der Waals surface area contributed by atoms with Gasteiger partial charge in [-0.3, -0.25) is 14.1 Å². The second kappa shape index (κ2) is 16.3. The number of nitrogen functional groups attached to an aromatic ring is 1. The molecule has 3 aromatic heterocycles. The Labute approximate surface area is 299 Å². The lowest BCUT2D eigenvalue weighted by molar-refractivity contribution is -0.218. The SMILES string of the molecule is CC1(C)C(NC(=O)C(=NOC(COc2ccc3c(NCCN)nccc3c2)c2nn[nH]n2)c2csc(N)n2)C(=O)N1OS(=O)(=O)O.O=C(O)C(F)(F)F. The van der Waals surface area contributed by atoms with E-state index in [2.05, 4.69) is 50.7 Å². The standard InChI is InChI=1S/C24H28N12O8S2.C2HF3O2/c1-24(2)18(22(38)36(24)44-46(39,40)41)30-21(37)17(15-11-45-23(26)29-15)33-43-16(20-31-34-35-32-20)10-42-13-3-4-14-12(9-13)5-7-27-19(14)28-8-6-25;3-2(4,5)1(6)7/h3-5,7,9,11,16,18H,6,8,10,25H2,1-2H3,(H2,26,29)(H,27,28)(H,30,37)(H,39,40,41)(H,31,32,34,35);(H,6,7). The van der Waals surface area contributed by atoms with E-state index in [9.17, 15) is 31.2 Å². The van der Waals surface area contributed by atoms with Crippen LogP contribution >= 0.6 is 11.3 Å². The lowest BCUT2D eigenvalue weighted by atomic mass is 9.84. The number of carbonyl (C=O) groups is 3. The maximum atomic E-state index is 13.4. The van der Waals surface area contributed by atoms with Gasteiger partial charge in [-0.15, -0.1) is 25.8 Å². The van der Waals surface area contributed by atoms with E-state index in [1.54, 1.807) is 18.3 Å². The maximum Gasteiger partial charge on any atom is 0.490 e. The Bertz CT molecular complexity index is 2080. The first-order chi connectivity index (χ1) is 24.8. The number of carboxylic acids is 1. The molecule has 0 saturated carbocycles.